The van der Waals surface area contributed by atoms with E-state index in [9.17, 15) is 4.79 Å². The van der Waals surface area contributed by atoms with Crippen LogP contribution in [0, 0.1) is 6.92 Å². The highest BCUT2D eigenvalue weighted by Gasteiger charge is 2.28. The molecule has 2 aromatic carbocycles. The van der Waals surface area contributed by atoms with Gasteiger partial charge < -0.3 is 14.2 Å². The minimum absolute atomic E-state index is 0.0175. The molecule has 0 aliphatic carbocycles. The molecule has 0 spiro atoms. The Bertz CT molecular complexity index is 1070. The SMILES string of the molecule is COc1cc(C(=O)N(CC2CCCO2)c2nc(-c3ccc(Cl)cc3)cs2)cc(OC)c1C. The van der Waals surface area contributed by atoms with Gasteiger partial charge in [-0.1, -0.05) is 23.7 Å². The van der Waals surface area contributed by atoms with Gasteiger partial charge in [-0.15, -0.1) is 11.3 Å². The first kappa shape index (κ1) is 22.6. The Kier molecular flexibility index (Phi) is 6.98. The summed E-state index contributed by atoms with van der Waals surface area (Å²) in [5.74, 6) is 1.03. The predicted octanol–water partition coefficient (Wildman–Crippen LogP) is 5.61. The fraction of sp³-hybridized carbons (Fsp3) is 0.333. The lowest BCUT2D eigenvalue weighted by Gasteiger charge is -2.24. The van der Waals surface area contributed by atoms with Crippen LogP contribution in [0.4, 0.5) is 5.13 Å². The van der Waals surface area contributed by atoms with Crippen LogP contribution in [0.5, 0.6) is 11.5 Å². The highest BCUT2D eigenvalue weighted by molar-refractivity contribution is 7.14. The average molecular weight is 473 g/mol. The van der Waals surface area contributed by atoms with Gasteiger partial charge in [0, 0.05) is 33.7 Å². The third-order valence-electron chi connectivity index (χ3n) is 5.52. The maximum absolute atomic E-state index is 13.7. The topological polar surface area (TPSA) is 60.9 Å². The van der Waals surface area contributed by atoms with Crippen molar-refractivity contribution in [1.29, 1.82) is 0 Å². The summed E-state index contributed by atoms with van der Waals surface area (Å²) in [6, 6.07) is 11.0. The Morgan fingerprint density at radius 2 is 1.91 bits per heavy atom. The normalized spacial score (nSPS) is 15.6. The minimum Gasteiger partial charge on any atom is -0.496 e. The minimum atomic E-state index is -0.172. The highest BCUT2D eigenvalue weighted by atomic mass is 35.5. The predicted molar refractivity (Wildman–Crippen MR) is 127 cm³/mol. The molecule has 0 bridgehead atoms. The van der Waals surface area contributed by atoms with Gasteiger partial charge in [0.1, 0.15) is 11.5 Å². The van der Waals surface area contributed by atoms with E-state index >= 15 is 0 Å². The van der Waals surface area contributed by atoms with Gasteiger partial charge in [0.2, 0.25) is 0 Å². The quantitative estimate of drug-likeness (QED) is 0.447. The monoisotopic (exact) mass is 472 g/mol. The molecule has 1 amide bonds. The van der Waals surface area contributed by atoms with Crippen molar-refractivity contribution in [2.75, 3.05) is 32.3 Å². The molecule has 32 heavy (non-hydrogen) atoms. The van der Waals surface area contributed by atoms with Crippen molar-refractivity contribution in [3.8, 4) is 22.8 Å². The number of anilines is 1. The van der Waals surface area contributed by atoms with Crippen molar-refractivity contribution in [2.24, 2.45) is 0 Å². The van der Waals surface area contributed by atoms with Gasteiger partial charge >= 0.3 is 0 Å². The van der Waals surface area contributed by atoms with E-state index in [0.29, 0.717) is 40.4 Å². The standard InChI is InChI=1S/C24H25ClN2O4S/c1-15-21(29-2)11-17(12-22(15)30-3)23(28)27(13-19-5-4-10-31-19)24-26-20(14-32-24)16-6-8-18(25)9-7-16/h6-9,11-12,14,19H,4-5,10,13H2,1-3H3. The van der Waals surface area contributed by atoms with Crippen LogP contribution >= 0.6 is 22.9 Å². The van der Waals surface area contributed by atoms with Crippen LogP contribution in [0.3, 0.4) is 0 Å². The third kappa shape index (κ3) is 4.75. The van der Waals surface area contributed by atoms with Crippen LogP contribution in [-0.2, 0) is 4.74 Å². The summed E-state index contributed by atoms with van der Waals surface area (Å²) in [7, 11) is 3.17. The van der Waals surface area contributed by atoms with Crippen molar-refractivity contribution < 1.29 is 19.0 Å². The first-order valence-electron chi connectivity index (χ1n) is 10.4. The summed E-state index contributed by atoms with van der Waals surface area (Å²) in [4.78, 5) is 20.1. The van der Waals surface area contributed by atoms with Gasteiger partial charge in [0.25, 0.3) is 5.91 Å². The van der Waals surface area contributed by atoms with Crippen LogP contribution in [0.25, 0.3) is 11.3 Å². The third-order valence-corrected chi connectivity index (χ3v) is 6.63. The van der Waals surface area contributed by atoms with Crippen molar-refractivity contribution in [1.82, 2.24) is 4.98 Å². The van der Waals surface area contributed by atoms with E-state index in [0.717, 1.165) is 29.7 Å². The second-order valence-corrected chi connectivity index (χ2v) is 8.85. The summed E-state index contributed by atoms with van der Waals surface area (Å²) in [6.45, 7) is 3.05. The number of carbonyl (C=O) groups excluding carboxylic acids is 1. The van der Waals surface area contributed by atoms with Gasteiger partial charge in [0.15, 0.2) is 5.13 Å². The Labute approximate surface area is 196 Å². The van der Waals surface area contributed by atoms with Crippen LogP contribution in [0.2, 0.25) is 5.02 Å². The number of carbonyl (C=O) groups is 1. The molecule has 1 unspecified atom stereocenters. The summed E-state index contributed by atoms with van der Waals surface area (Å²) >= 11 is 7.44. The molecule has 1 atom stereocenters. The van der Waals surface area contributed by atoms with Crippen molar-refractivity contribution in [2.45, 2.75) is 25.9 Å². The molecule has 1 saturated heterocycles. The largest absolute Gasteiger partial charge is 0.496 e. The second-order valence-electron chi connectivity index (χ2n) is 7.58. The summed E-state index contributed by atoms with van der Waals surface area (Å²) < 4.78 is 16.8. The molecular weight excluding hydrogens is 448 g/mol. The molecule has 8 heteroatoms. The number of nitrogens with zero attached hydrogens (tertiary/aromatic N) is 2. The molecule has 2 heterocycles. The molecule has 1 fully saturated rings. The molecule has 0 saturated carbocycles. The van der Waals surface area contributed by atoms with E-state index < -0.39 is 0 Å². The van der Waals surface area contributed by atoms with Crippen LogP contribution in [0.15, 0.2) is 41.8 Å². The van der Waals surface area contributed by atoms with E-state index in [1.54, 1.807) is 31.3 Å². The van der Waals surface area contributed by atoms with Crippen molar-refractivity contribution in [3.63, 3.8) is 0 Å². The Morgan fingerprint density at radius 3 is 2.50 bits per heavy atom. The number of amides is 1. The van der Waals surface area contributed by atoms with Crippen molar-refractivity contribution >= 4 is 34.0 Å². The highest BCUT2D eigenvalue weighted by Crippen LogP contribution is 2.33. The number of benzene rings is 2. The Balaban J connectivity index is 1.70. The summed E-state index contributed by atoms with van der Waals surface area (Å²) in [6.07, 6.45) is 1.89. The van der Waals surface area contributed by atoms with Crippen LogP contribution in [-0.4, -0.2) is 44.4 Å². The lowest BCUT2D eigenvalue weighted by Crippen LogP contribution is -2.37. The van der Waals surface area contributed by atoms with Crippen LogP contribution < -0.4 is 14.4 Å². The van der Waals surface area contributed by atoms with Crippen LogP contribution in [0.1, 0.15) is 28.8 Å². The van der Waals surface area contributed by atoms with E-state index in [1.807, 2.05) is 36.6 Å². The molecule has 0 radical (unpaired) electrons. The number of methoxy groups -OCH3 is 2. The number of ether oxygens (including phenoxy) is 3. The zero-order valence-electron chi connectivity index (χ0n) is 18.3. The zero-order chi connectivity index (χ0) is 22.7. The molecule has 0 N–H and O–H groups in total. The molecule has 168 valence electrons. The number of thiazole rings is 1. The average Bonchev–Trinajstić information content (AvgIpc) is 3.50. The van der Waals surface area contributed by atoms with Gasteiger partial charge in [0.05, 0.1) is 32.6 Å². The molecule has 1 aliphatic rings. The molecule has 6 nitrogen and oxygen atoms in total. The maximum Gasteiger partial charge on any atom is 0.260 e. The number of aromatic nitrogens is 1. The fourth-order valence-corrected chi connectivity index (χ4v) is 4.71. The number of hydrogen-bond donors (Lipinski definition) is 0. The van der Waals surface area contributed by atoms with E-state index in [4.69, 9.17) is 30.8 Å². The van der Waals surface area contributed by atoms with Gasteiger partial charge in [-0.25, -0.2) is 4.98 Å². The van der Waals surface area contributed by atoms with E-state index in [2.05, 4.69) is 0 Å². The van der Waals surface area contributed by atoms with Crippen molar-refractivity contribution in [3.05, 3.63) is 57.9 Å². The van der Waals surface area contributed by atoms with Gasteiger partial charge in [-0.2, -0.15) is 0 Å². The Hall–Kier alpha value is -2.61. The smallest absolute Gasteiger partial charge is 0.260 e. The van der Waals surface area contributed by atoms with E-state index in [-0.39, 0.29) is 12.0 Å². The summed E-state index contributed by atoms with van der Waals surface area (Å²) in [5, 5.41) is 3.24. The molecule has 1 aromatic heterocycles. The number of hydrogen-bond acceptors (Lipinski definition) is 6. The van der Waals surface area contributed by atoms with Gasteiger partial charge in [-0.05, 0) is 44.0 Å². The van der Waals surface area contributed by atoms with Gasteiger partial charge in [-0.3, -0.25) is 9.69 Å². The molecule has 1 aliphatic heterocycles. The fourth-order valence-electron chi connectivity index (χ4n) is 3.75. The molecule has 3 aromatic rings. The summed E-state index contributed by atoms with van der Waals surface area (Å²) in [5.41, 5.74) is 3.06. The second kappa shape index (κ2) is 9.90. The zero-order valence-corrected chi connectivity index (χ0v) is 19.8. The first-order chi connectivity index (χ1) is 15.5. The molecule has 4 rings (SSSR count). The number of halogens is 1. The lowest BCUT2D eigenvalue weighted by atomic mass is 10.1. The molecular formula is C24H25ClN2O4S. The Morgan fingerprint density at radius 1 is 1.22 bits per heavy atom. The maximum atomic E-state index is 13.7. The van der Waals surface area contributed by atoms with E-state index in [1.165, 1.54) is 11.3 Å². The first-order valence-corrected chi connectivity index (χ1v) is 11.6. The number of rotatable bonds is 7. The lowest BCUT2D eigenvalue weighted by molar-refractivity contribution is 0.0917.